The van der Waals surface area contributed by atoms with Crippen molar-refractivity contribution in [3.05, 3.63) is 76.3 Å². The van der Waals surface area contributed by atoms with E-state index in [9.17, 15) is 12.8 Å². The lowest BCUT2D eigenvalue weighted by atomic mass is 10.0. The molecule has 0 atom stereocenters. The molecule has 0 bridgehead atoms. The summed E-state index contributed by atoms with van der Waals surface area (Å²) in [5.41, 5.74) is 3.12. The zero-order chi connectivity index (χ0) is 27.5. The van der Waals surface area contributed by atoms with E-state index >= 15 is 4.39 Å². The van der Waals surface area contributed by atoms with Gasteiger partial charge in [-0.1, -0.05) is 35.3 Å². The fourth-order valence-electron chi connectivity index (χ4n) is 4.57. The number of aromatic amines is 1. The van der Waals surface area contributed by atoms with Crippen LogP contribution in [0, 0.1) is 17.6 Å². The van der Waals surface area contributed by atoms with Crippen LogP contribution in [-0.4, -0.2) is 34.2 Å². The van der Waals surface area contributed by atoms with E-state index in [-0.39, 0.29) is 11.5 Å². The second-order valence-electron chi connectivity index (χ2n) is 9.60. The van der Waals surface area contributed by atoms with Gasteiger partial charge in [-0.05, 0) is 55.2 Å². The average Bonchev–Trinajstić information content (AvgIpc) is 3.49. The van der Waals surface area contributed by atoms with Crippen LogP contribution >= 0.6 is 23.2 Å². The molecule has 12 heteroatoms. The summed E-state index contributed by atoms with van der Waals surface area (Å²) in [6, 6.07) is 13.7. The Labute approximate surface area is 232 Å². The van der Waals surface area contributed by atoms with Crippen LogP contribution in [-0.2, 0) is 16.6 Å². The van der Waals surface area contributed by atoms with Crippen molar-refractivity contribution in [2.24, 2.45) is 5.92 Å². The van der Waals surface area contributed by atoms with Gasteiger partial charge in [-0.15, -0.1) is 0 Å². The molecule has 3 aromatic carbocycles. The van der Waals surface area contributed by atoms with Crippen LogP contribution < -0.4 is 4.72 Å². The average molecular weight is 588 g/mol. The van der Waals surface area contributed by atoms with Crippen molar-refractivity contribution >= 4 is 50.2 Å². The Bertz CT molecular complexity index is 1850. The predicted molar refractivity (Wildman–Crippen MR) is 149 cm³/mol. The topological polar surface area (TPSA) is 92.7 Å². The second kappa shape index (κ2) is 9.62. The molecule has 2 N–H and O–H groups in total. The predicted octanol–water partition coefficient (Wildman–Crippen LogP) is 7.13. The van der Waals surface area contributed by atoms with Gasteiger partial charge in [0, 0.05) is 23.7 Å². The third kappa shape index (κ3) is 5.11. The zero-order valence-corrected chi connectivity index (χ0v) is 22.8. The number of hydrogen-bond donors (Lipinski definition) is 2. The number of imidazole rings is 2. The molecule has 1 saturated carbocycles. The molecule has 0 radical (unpaired) electrons. The first-order chi connectivity index (χ1) is 18.6. The number of anilines is 1. The van der Waals surface area contributed by atoms with Gasteiger partial charge in [-0.3, -0.25) is 4.72 Å². The molecule has 0 spiro atoms. The number of sulfonamides is 1. The van der Waals surface area contributed by atoms with E-state index in [0.717, 1.165) is 25.2 Å². The number of halogens is 4. The van der Waals surface area contributed by atoms with E-state index in [4.69, 9.17) is 28.2 Å². The van der Waals surface area contributed by atoms with Crippen molar-refractivity contribution in [1.29, 1.82) is 0 Å². The monoisotopic (exact) mass is 587 g/mol. The van der Waals surface area contributed by atoms with Gasteiger partial charge in [-0.2, -0.15) is 0 Å². The Morgan fingerprint density at radius 2 is 1.79 bits per heavy atom. The summed E-state index contributed by atoms with van der Waals surface area (Å²) in [4.78, 5) is 12.4. The maximum Gasteiger partial charge on any atom is 0.232 e. The Kier molecular flexibility index (Phi) is 6.36. The van der Waals surface area contributed by atoms with Crippen LogP contribution in [0.2, 0.25) is 10.0 Å². The Morgan fingerprint density at radius 3 is 2.46 bits per heavy atom. The molecule has 2 aromatic heterocycles. The molecule has 5 aromatic rings. The summed E-state index contributed by atoms with van der Waals surface area (Å²) in [6.45, 7) is 0.596. The summed E-state index contributed by atoms with van der Waals surface area (Å²) in [5.74, 6) is -0.508. The number of hydrogen-bond acceptors (Lipinski definition) is 4. The number of H-pyrrole nitrogens is 1. The molecule has 2 heterocycles. The molecule has 7 nitrogen and oxygen atoms in total. The smallest absolute Gasteiger partial charge is 0.232 e. The minimum absolute atomic E-state index is 0.111. The standard InChI is InChI=1S/C27H21Cl2F2N5O2S/c1-39(37,38)35-27-32-21-10-7-15(11-22(21)36(27)13-14-5-6-14)24-25(17-9-8-16(30)12-20(17)31)34-26(33-24)23-18(28)3-2-4-19(23)29/h2-4,7-12,14H,5-6,13H2,1H3,(H,32,35)(H,33,34). The fraction of sp³-hybridized carbons (Fsp3) is 0.185. The molecular weight excluding hydrogens is 567 g/mol. The van der Waals surface area contributed by atoms with E-state index in [0.29, 0.717) is 61.9 Å². The molecule has 200 valence electrons. The van der Waals surface area contributed by atoms with Gasteiger partial charge in [0.05, 0.1) is 44.3 Å². The van der Waals surface area contributed by atoms with E-state index in [1.165, 1.54) is 12.1 Å². The SMILES string of the molecule is CS(=O)(=O)Nc1nc2ccc(-c3nc(-c4c(Cl)cccc4Cl)[nH]c3-c3ccc(F)cc3F)cc2n1CC1CC1. The lowest BCUT2D eigenvalue weighted by Gasteiger charge is -2.10. The number of rotatable bonds is 7. The Morgan fingerprint density at radius 1 is 1.05 bits per heavy atom. The third-order valence-corrected chi connectivity index (χ3v) is 7.72. The van der Waals surface area contributed by atoms with E-state index < -0.39 is 21.7 Å². The number of aromatic nitrogens is 4. The van der Waals surface area contributed by atoms with Crippen molar-refractivity contribution in [2.45, 2.75) is 19.4 Å². The van der Waals surface area contributed by atoms with E-state index in [1.54, 1.807) is 30.3 Å². The molecule has 1 aliphatic carbocycles. The lowest BCUT2D eigenvalue weighted by Crippen LogP contribution is -2.15. The van der Waals surface area contributed by atoms with Gasteiger partial charge < -0.3 is 9.55 Å². The molecule has 0 aliphatic heterocycles. The van der Waals surface area contributed by atoms with Gasteiger partial charge in [0.2, 0.25) is 16.0 Å². The van der Waals surface area contributed by atoms with Crippen LogP contribution in [0.15, 0.2) is 54.6 Å². The van der Waals surface area contributed by atoms with Crippen molar-refractivity contribution in [2.75, 3.05) is 11.0 Å². The highest BCUT2D eigenvalue weighted by Crippen LogP contribution is 2.40. The van der Waals surface area contributed by atoms with Gasteiger partial charge in [0.1, 0.15) is 17.5 Å². The summed E-state index contributed by atoms with van der Waals surface area (Å²) in [6.07, 6.45) is 3.17. The molecule has 1 aliphatic rings. The zero-order valence-electron chi connectivity index (χ0n) is 20.5. The molecule has 0 amide bonds. The van der Waals surface area contributed by atoms with Crippen molar-refractivity contribution < 1.29 is 17.2 Å². The van der Waals surface area contributed by atoms with Gasteiger partial charge in [0.15, 0.2) is 0 Å². The Hall–Kier alpha value is -3.47. The first-order valence-electron chi connectivity index (χ1n) is 12.1. The highest BCUT2D eigenvalue weighted by atomic mass is 35.5. The van der Waals surface area contributed by atoms with Crippen LogP contribution in [0.4, 0.5) is 14.7 Å². The van der Waals surface area contributed by atoms with Crippen LogP contribution in [0.3, 0.4) is 0 Å². The van der Waals surface area contributed by atoms with Crippen molar-refractivity contribution in [1.82, 2.24) is 19.5 Å². The maximum absolute atomic E-state index is 15.0. The summed E-state index contributed by atoms with van der Waals surface area (Å²) < 4.78 is 57.1. The molecule has 6 rings (SSSR count). The normalized spacial score (nSPS) is 13.8. The molecule has 0 unspecified atom stereocenters. The van der Waals surface area contributed by atoms with Crippen molar-refractivity contribution in [3.8, 4) is 33.9 Å². The first kappa shape index (κ1) is 25.8. The van der Waals surface area contributed by atoms with Crippen LogP contribution in [0.25, 0.3) is 44.9 Å². The summed E-state index contributed by atoms with van der Waals surface area (Å²) in [5, 5.41) is 0.701. The number of benzene rings is 3. The molecule has 39 heavy (non-hydrogen) atoms. The minimum atomic E-state index is -3.56. The molecule has 0 saturated heterocycles. The molecular formula is C27H21Cl2F2N5O2S. The van der Waals surface area contributed by atoms with E-state index in [1.807, 2.05) is 10.6 Å². The van der Waals surface area contributed by atoms with Crippen LogP contribution in [0.1, 0.15) is 12.8 Å². The third-order valence-electron chi connectivity index (χ3n) is 6.54. The molecule has 1 fully saturated rings. The number of nitrogens with one attached hydrogen (secondary N) is 2. The largest absolute Gasteiger partial charge is 0.337 e. The second-order valence-corrected chi connectivity index (χ2v) is 12.2. The van der Waals surface area contributed by atoms with Gasteiger partial charge in [-0.25, -0.2) is 27.2 Å². The quantitative estimate of drug-likeness (QED) is 0.212. The summed E-state index contributed by atoms with van der Waals surface area (Å²) in [7, 11) is -3.56. The Balaban J connectivity index is 1.57. The minimum Gasteiger partial charge on any atom is -0.337 e. The number of nitrogens with zero attached hydrogens (tertiary/aromatic N) is 3. The fourth-order valence-corrected chi connectivity index (χ4v) is 5.63. The maximum atomic E-state index is 15.0. The van der Waals surface area contributed by atoms with E-state index in [2.05, 4.69) is 14.7 Å². The first-order valence-corrected chi connectivity index (χ1v) is 14.7. The lowest BCUT2D eigenvalue weighted by molar-refractivity contribution is 0.585. The summed E-state index contributed by atoms with van der Waals surface area (Å²) >= 11 is 12.9. The number of fused-ring (bicyclic) bond motifs is 1. The van der Waals surface area contributed by atoms with Crippen molar-refractivity contribution in [3.63, 3.8) is 0 Å². The van der Waals surface area contributed by atoms with Gasteiger partial charge in [0.25, 0.3) is 0 Å². The highest BCUT2D eigenvalue weighted by Gasteiger charge is 2.26. The highest BCUT2D eigenvalue weighted by molar-refractivity contribution is 7.92. The van der Waals surface area contributed by atoms with Crippen LogP contribution in [0.5, 0.6) is 0 Å². The van der Waals surface area contributed by atoms with Gasteiger partial charge >= 0.3 is 0 Å².